The van der Waals surface area contributed by atoms with Gasteiger partial charge in [0.2, 0.25) is 5.91 Å². The summed E-state index contributed by atoms with van der Waals surface area (Å²) in [5.41, 5.74) is 3.54. The minimum atomic E-state index is -0.121. The number of benzene rings is 2. The van der Waals surface area contributed by atoms with Crippen LogP contribution in [0.4, 0.5) is 5.69 Å². The number of hydrogen-bond donors (Lipinski definition) is 1. The summed E-state index contributed by atoms with van der Waals surface area (Å²) in [6, 6.07) is 19.5. The molecule has 1 N–H and O–H groups in total. The zero-order valence-electron chi connectivity index (χ0n) is 17.4. The first-order valence-electron chi connectivity index (χ1n) is 10.1. The van der Waals surface area contributed by atoms with Crippen molar-refractivity contribution >= 4 is 44.9 Å². The number of carbonyl (C=O) groups excluding carboxylic acids is 1. The summed E-state index contributed by atoms with van der Waals surface area (Å²) in [6.07, 6.45) is 0. The summed E-state index contributed by atoms with van der Waals surface area (Å²) >= 11 is 2.68. The monoisotopic (exact) mass is 449 g/mol. The molecule has 2 aromatic heterocycles. The van der Waals surface area contributed by atoms with E-state index in [-0.39, 0.29) is 17.2 Å². The fourth-order valence-corrected chi connectivity index (χ4v) is 4.95. The zero-order chi connectivity index (χ0) is 21.8. The Hall–Kier alpha value is -2.90. The van der Waals surface area contributed by atoms with E-state index in [9.17, 15) is 9.59 Å². The Morgan fingerprint density at radius 1 is 1.10 bits per heavy atom. The lowest BCUT2D eigenvalue weighted by Gasteiger charge is -2.14. The van der Waals surface area contributed by atoms with E-state index < -0.39 is 0 Å². The maximum Gasteiger partial charge on any atom is 0.272 e. The van der Waals surface area contributed by atoms with E-state index >= 15 is 0 Å². The first-order valence-corrected chi connectivity index (χ1v) is 11.9. The number of nitrogens with one attached hydrogen (secondary N) is 1. The van der Waals surface area contributed by atoms with E-state index in [1.54, 1.807) is 4.57 Å². The highest BCUT2D eigenvalue weighted by atomic mass is 32.2. The van der Waals surface area contributed by atoms with Crippen molar-refractivity contribution in [2.75, 3.05) is 11.1 Å². The molecule has 4 rings (SSSR count). The molecule has 0 aliphatic heterocycles. The quantitative estimate of drug-likeness (QED) is 0.305. The second-order valence-corrected chi connectivity index (χ2v) is 9.34. The molecule has 0 fully saturated rings. The van der Waals surface area contributed by atoms with E-state index in [1.165, 1.54) is 23.1 Å². The molecule has 0 unspecified atom stereocenters. The number of amides is 1. The lowest BCUT2D eigenvalue weighted by atomic mass is 10.0. The molecule has 0 radical (unpaired) electrons. The van der Waals surface area contributed by atoms with Gasteiger partial charge in [0.05, 0.1) is 17.8 Å². The Labute approximate surface area is 189 Å². The molecule has 0 atom stereocenters. The van der Waals surface area contributed by atoms with Gasteiger partial charge in [-0.25, -0.2) is 4.98 Å². The third kappa shape index (κ3) is 4.89. The summed E-state index contributed by atoms with van der Waals surface area (Å²) in [5.74, 6) is 0.357. The molecule has 0 aliphatic carbocycles. The summed E-state index contributed by atoms with van der Waals surface area (Å²) < 4.78 is 2.30. The first-order chi connectivity index (χ1) is 15.0. The predicted octanol–water partition coefficient (Wildman–Crippen LogP) is 5.36. The van der Waals surface area contributed by atoms with E-state index in [1.807, 2.05) is 66.0 Å². The maximum absolute atomic E-state index is 13.1. The Bertz CT molecular complexity index is 1260. The number of para-hydroxylation sites is 1. The second kappa shape index (κ2) is 9.49. The van der Waals surface area contributed by atoms with Crippen molar-refractivity contribution in [3.8, 4) is 0 Å². The molecule has 0 aliphatic rings. The third-order valence-electron chi connectivity index (χ3n) is 4.90. The number of thiophene rings is 1. The predicted molar refractivity (Wildman–Crippen MR) is 129 cm³/mol. The van der Waals surface area contributed by atoms with Crippen molar-refractivity contribution in [3.05, 3.63) is 87.5 Å². The number of thioether (sulfide) groups is 1. The Balaban J connectivity index is 1.57. The van der Waals surface area contributed by atoms with Crippen molar-refractivity contribution in [1.29, 1.82) is 0 Å². The second-order valence-electron chi connectivity index (χ2n) is 7.49. The molecule has 0 spiro atoms. The van der Waals surface area contributed by atoms with Crippen LogP contribution in [-0.2, 0) is 11.3 Å². The molecule has 2 heterocycles. The molecule has 0 saturated carbocycles. The van der Waals surface area contributed by atoms with Gasteiger partial charge < -0.3 is 5.32 Å². The topological polar surface area (TPSA) is 64.0 Å². The van der Waals surface area contributed by atoms with Crippen LogP contribution in [0.15, 0.2) is 76.0 Å². The van der Waals surface area contributed by atoms with Gasteiger partial charge in [0.15, 0.2) is 5.16 Å². The van der Waals surface area contributed by atoms with Crippen LogP contribution < -0.4 is 10.9 Å². The number of aromatic nitrogens is 2. The third-order valence-corrected chi connectivity index (χ3v) is 6.77. The standard InChI is InChI=1S/C24H23N3O2S2/c1-16(2)18-10-6-7-11-19(18)25-21(28)15-31-24-26-20-12-13-30-22(20)23(29)27(24)14-17-8-4-3-5-9-17/h3-13,16H,14-15H2,1-2H3,(H,25,28). The molecule has 0 bridgehead atoms. The van der Waals surface area contributed by atoms with Crippen molar-refractivity contribution < 1.29 is 4.79 Å². The number of nitrogens with zero attached hydrogens (tertiary/aromatic N) is 2. The van der Waals surface area contributed by atoms with Crippen molar-refractivity contribution in [3.63, 3.8) is 0 Å². The Morgan fingerprint density at radius 3 is 2.61 bits per heavy atom. The van der Waals surface area contributed by atoms with Gasteiger partial charge in [-0.05, 0) is 34.6 Å². The number of fused-ring (bicyclic) bond motifs is 1. The summed E-state index contributed by atoms with van der Waals surface area (Å²) in [4.78, 5) is 30.4. The lowest BCUT2D eigenvalue weighted by Crippen LogP contribution is -2.24. The van der Waals surface area contributed by atoms with Crippen molar-refractivity contribution in [1.82, 2.24) is 9.55 Å². The molecular formula is C24H23N3O2S2. The van der Waals surface area contributed by atoms with Gasteiger partial charge in [0.25, 0.3) is 5.56 Å². The molecule has 7 heteroatoms. The van der Waals surface area contributed by atoms with Gasteiger partial charge in [-0.3, -0.25) is 14.2 Å². The van der Waals surface area contributed by atoms with Crippen LogP contribution in [0.5, 0.6) is 0 Å². The van der Waals surface area contributed by atoms with Crippen molar-refractivity contribution in [2.24, 2.45) is 0 Å². The Kier molecular flexibility index (Phi) is 6.53. The van der Waals surface area contributed by atoms with E-state index in [2.05, 4.69) is 24.1 Å². The highest BCUT2D eigenvalue weighted by Gasteiger charge is 2.15. The summed E-state index contributed by atoms with van der Waals surface area (Å²) in [6.45, 7) is 4.62. The smallest absolute Gasteiger partial charge is 0.272 e. The maximum atomic E-state index is 13.1. The number of anilines is 1. The average molecular weight is 450 g/mol. The number of rotatable bonds is 7. The fraction of sp³-hybridized carbons (Fsp3) is 0.208. The van der Waals surface area contributed by atoms with Crippen LogP contribution in [0.2, 0.25) is 0 Å². The normalized spacial score (nSPS) is 11.2. The van der Waals surface area contributed by atoms with E-state index in [0.29, 0.717) is 27.8 Å². The van der Waals surface area contributed by atoms with Gasteiger partial charge in [0, 0.05) is 5.69 Å². The van der Waals surface area contributed by atoms with Gasteiger partial charge in [0.1, 0.15) is 4.70 Å². The van der Waals surface area contributed by atoms with Crippen LogP contribution in [-0.4, -0.2) is 21.2 Å². The molecule has 158 valence electrons. The van der Waals surface area contributed by atoms with Crippen LogP contribution in [0.25, 0.3) is 10.2 Å². The number of carbonyl (C=O) groups is 1. The highest BCUT2D eigenvalue weighted by molar-refractivity contribution is 7.99. The molecule has 5 nitrogen and oxygen atoms in total. The molecule has 31 heavy (non-hydrogen) atoms. The highest BCUT2D eigenvalue weighted by Crippen LogP contribution is 2.25. The van der Waals surface area contributed by atoms with E-state index in [4.69, 9.17) is 0 Å². The zero-order valence-corrected chi connectivity index (χ0v) is 19.0. The lowest BCUT2D eigenvalue weighted by molar-refractivity contribution is -0.113. The molecular weight excluding hydrogens is 426 g/mol. The minimum absolute atomic E-state index is 0.0723. The van der Waals surface area contributed by atoms with Gasteiger partial charge in [-0.1, -0.05) is 74.1 Å². The van der Waals surface area contributed by atoms with Gasteiger partial charge in [-0.2, -0.15) is 0 Å². The largest absolute Gasteiger partial charge is 0.325 e. The fourth-order valence-electron chi connectivity index (χ4n) is 3.37. The summed E-state index contributed by atoms with van der Waals surface area (Å²) in [5, 5.41) is 5.42. The van der Waals surface area contributed by atoms with Gasteiger partial charge >= 0.3 is 0 Å². The van der Waals surface area contributed by atoms with Crippen molar-refractivity contribution in [2.45, 2.75) is 31.5 Å². The molecule has 1 amide bonds. The van der Waals surface area contributed by atoms with Crippen LogP contribution >= 0.6 is 23.1 Å². The van der Waals surface area contributed by atoms with Crippen LogP contribution in [0.1, 0.15) is 30.9 Å². The summed E-state index contributed by atoms with van der Waals surface area (Å²) in [7, 11) is 0. The average Bonchev–Trinajstić information content (AvgIpc) is 3.24. The van der Waals surface area contributed by atoms with Gasteiger partial charge in [-0.15, -0.1) is 11.3 Å². The Morgan fingerprint density at radius 2 is 1.84 bits per heavy atom. The molecule has 0 saturated heterocycles. The molecule has 2 aromatic carbocycles. The molecule has 4 aromatic rings. The minimum Gasteiger partial charge on any atom is -0.325 e. The first kappa shape index (κ1) is 21.3. The van der Waals surface area contributed by atoms with Crippen LogP contribution in [0, 0.1) is 0 Å². The number of hydrogen-bond acceptors (Lipinski definition) is 5. The van der Waals surface area contributed by atoms with Crippen LogP contribution in [0.3, 0.4) is 0 Å². The SMILES string of the molecule is CC(C)c1ccccc1NC(=O)CSc1nc2ccsc2c(=O)n1Cc1ccccc1. The van der Waals surface area contributed by atoms with E-state index in [0.717, 1.165) is 16.8 Å².